The van der Waals surface area contributed by atoms with Crippen molar-refractivity contribution in [3.8, 4) is 45.3 Å². The van der Waals surface area contributed by atoms with E-state index in [1.54, 1.807) is 0 Å². The van der Waals surface area contributed by atoms with Crippen molar-refractivity contribution in [2.24, 2.45) is 0 Å². The fraction of sp³-hybridized carbons (Fsp3) is 0.0244. The lowest BCUT2D eigenvalue weighted by Gasteiger charge is -2.41. The molecular weight excluding hydrogens is 524 g/mol. The van der Waals surface area contributed by atoms with Crippen LogP contribution >= 0.6 is 0 Å². The maximum Gasteiger partial charge on any atom is 0.135 e. The van der Waals surface area contributed by atoms with E-state index in [9.17, 15) is 0 Å². The summed E-state index contributed by atoms with van der Waals surface area (Å²) in [4.78, 5) is 0. The van der Waals surface area contributed by atoms with E-state index in [1.807, 2.05) is 12.1 Å². The molecule has 2 heteroatoms. The average molecular weight is 553 g/mol. The minimum atomic E-state index is -0.534. The van der Waals surface area contributed by atoms with Crippen LogP contribution < -0.4 is 4.74 Å². The zero-order valence-corrected chi connectivity index (χ0v) is 23.5. The molecule has 0 bridgehead atoms. The molecule has 1 aromatic heterocycles. The Bertz CT molecular complexity index is 2000. The number of ether oxygens (including phenoxy) is 1. The smallest absolute Gasteiger partial charge is 0.135 e. The van der Waals surface area contributed by atoms with E-state index in [4.69, 9.17) is 9.15 Å². The van der Waals surface area contributed by atoms with Crippen LogP contribution in [0.4, 0.5) is 0 Å². The Labute approximate surface area is 251 Å². The molecule has 43 heavy (non-hydrogen) atoms. The molecule has 8 rings (SSSR count). The molecule has 2 nitrogen and oxygen atoms in total. The van der Waals surface area contributed by atoms with Gasteiger partial charge in [-0.15, -0.1) is 0 Å². The van der Waals surface area contributed by atoms with Crippen LogP contribution in [0.1, 0.15) is 22.3 Å². The van der Waals surface area contributed by atoms with E-state index >= 15 is 0 Å². The molecule has 0 radical (unpaired) electrons. The lowest BCUT2D eigenvalue weighted by Crippen LogP contribution is -2.34. The van der Waals surface area contributed by atoms with Crippen LogP contribution in [0, 0.1) is 0 Å². The van der Waals surface area contributed by atoms with E-state index in [1.165, 1.54) is 11.1 Å². The summed E-state index contributed by atoms with van der Waals surface area (Å²) in [6.45, 7) is 0. The number of benzene rings is 6. The van der Waals surface area contributed by atoms with E-state index < -0.39 is 5.41 Å². The summed E-state index contributed by atoms with van der Waals surface area (Å²) in [5.41, 5.74) is 8.44. The molecule has 0 saturated heterocycles. The molecule has 0 fully saturated rings. The third kappa shape index (κ3) is 4.11. The van der Waals surface area contributed by atoms with Crippen molar-refractivity contribution in [2.45, 2.75) is 5.41 Å². The quantitative estimate of drug-likeness (QED) is 0.212. The molecule has 204 valence electrons. The van der Waals surface area contributed by atoms with Crippen LogP contribution in [0.15, 0.2) is 174 Å². The molecule has 0 saturated carbocycles. The van der Waals surface area contributed by atoms with Crippen molar-refractivity contribution in [1.29, 1.82) is 0 Å². The summed E-state index contributed by atoms with van der Waals surface area (Å²) in [6, 6.07) is 59.3. The minimum Gasteiger partial charge on any atom is -0.457 e. The fourth-order valence-corrected chi connectivity index (χ4v) is 6.57. The predicted molar refractivity (Wildman–Crippen MR) is 173 cm³/mol. The summed E-state index contributed by atoms with van der Waals surface area (Å²) >= 11 is 0. The minimum absolute atomic E-state index is 0.534. The van der Waals surface area contributed by atoms with Gasteiger partial charge in [0.25, 0.3) is 0 Å². The first kappa shape index (κ1) is 25.1. The van der Waals surface area contributed by atoms with Gasteiger partial charge >= 0.3 is 0 Å². The van der Waals surface area contributed by atoms with E-state index in [0.717, 1.165) is 56.4 Å². The van der Waals surface area contributed by atoms with Gasteiger partial charge in [0.1, 0.15) is 23.0 Å². The standard InChI is InChI=1S/C41H28O2/c1-4-14-29(15-5-1)33-20-10-11-21-34(33)38-27-26-37(42-38)30-24-25-36-40(28-30)43-39-23-13-12-22-35(39)41(36,31-16-6-2-7-17-31)32-18-8-3-9-19-32/h1-28H. The molecule has 0 amide bonds. The lowest BCUT2D eigenvalue weighted by atomic mass is 9.63. The number of furan rings is 1. The molecule has 6 aromatic carbocycles. The van der Waals surface area contributed by atoms with Crippen LogP contribution in [0.5, 0.6) is 11.5 Å². The number of hydrogen-bond donors (Lipinski definition) is 0. The summed E-state index contributed by atoms with van der Waals surface area (Å²) in [5.74, 6) is 3.32. The van der Waals surface area contributed by atoms with Crippen molar-refractivity contribution in [3.63, 3.8) is 0 Å². The molecule has 1 aliphatic heterocycles. The van der Waals surface area contributed by atoms with Crippen LogP contribution in [-0.4, -0.2) is 0 Å². The second-order valence-electron chi connectivity index (χ2n) is 10.9. The van der Waals surface area contributed by atoms with Gasteiger partial charge in [0.15, 0.2) is 0 Å². The van der Waals surface area contributed by atoms with Gasteiger partial charge in [0.05, 0.1) is 5.41 Å². The topological polar surface area (TPSA) is 22.4 Å². The van der Waals surface area contributed by atoms with Crippen LogP contribution in [-0.2, 0) is 5.41 Å². The van der Waals surface area contributed by atoms with Crippen molar-refractivity contribution in [2.75, 3.05) is 0 Å². The molecule has 0 aliphatic carbocycles. The number of fused-ring (bicyclic) bond motifs is 2. The highest BCUT2D eigenvalue weighted by molar-refractivity contribution is 5.82. The Morgan fingerprint density at radius 2 is 0.930 bits per heavy atom. The molecule has 1 aliphatic rings. The molecule has 7 aromatic rings. The highest BCUT2D eigenvalue weighted by Gasteiger charge is 2.45. The van der Waals surface area contributed by atoms with Gasteiger partial charge in [-0.1, -0.05) is 146 Å². The van der Waals surface area contributed by atoms with Gasteiger partial charge in [0.2, 0.25) is 0 Å². The van der Waals surface area contributed by atoms with Crippen LogP contribution in [0.3, 0.4) is 0 Å². The summed E-state index contributed by atoms with van der Waals surface area (Å²) in [6.07, 6.45) is 0. The molecule has 0 N–H and O–H groups in total. The second kappa shape index (κ2) is 10.3. The SMILES string of the molecule is c1ccc(-c2ccccc2-c2ccc(-c3ccc4c(c3)Oc3ccccc3C4(c3ccccc3)c3ccccc3)o2)cc1. The van der Waals surface area contributed by atoms with Gasteiger partial charge in [0, 0.05) is 22.3 Å². The predicted octanol–water partition coefficient (Wildman–Crippen LogP) is 10.8. The Hall–Kier alpha value is -5.60. The number of hydrogen-bond acceptors (Lipinski definition) is 2. The van der Waals surface area contributed by atoms with E-state index in [2.05, 4.69) is 158 Å². The zero-order chi connectivity index (χ0) is 28.6. The zero-order valence-electron chi connectivity index (χ0n) is 23.5. The van der Waals surface area contributed by atoms with Gasteiger partial charge in [-0.05, 0) is 46.5 Å². The van der Waals surface area contributed by atoms with Crippen molar-refractivity contribution in [1.82, 2.24) is 0 Å². The van der Waals surface area contributed by atoms with Gasteiger partial charge in [-0.3, -0.25) is 0 Å². The van der Waals surface area contributed by atoms with Crippen molar-refractivity contribution >= 4 is 0 Å². The van der Waals surface area contributed by atoms with E-state index in [-0.39, 0.29) is 0 Å². The van der Waals surface area contributed by atoms with Crippen molar-refractivity contribution < 1.29 is 9.15 Å². The summed E-state index contributed by atoms with van der Waals surface area (Å²) in [7, 11) is 0. The largest absolute Gasteiger partial charge is 0.457 e. The lowest BCUT2D eigenvalue weighted by molar-refractivity contribution is 0.434. The Morgan fingerprint density at radius 3 is 1.65 bits per heavy atom. The second-order valence-corrected chi connectivity index (χ2v) is 10.9. The van der Waals surface area contributed by atoms with Crippen molar-refractivity contribution in [3.05, 3.63) is 192 Å². The first-order valence-electron chi connectivity index (χ1n) is 14.6. The Morgan fingerprint density at radius 1 is 0.372 bits per heavy atom. The third-order valence-corrected chi connectivity index (χ3v) is 8.48. The van der Waals surface area contributed by atoms with Gasteiger partial charge < -0.3 is 9.15 Å². The molecule has 0 atom stereocenters. The first-order chi connectivity index (χ1) is 21.3. The highest BCUT2D eigenvalue weighted by Crippen LogP contribution is 2.55. The maximum atomic E-state index is 6.66. The first-order valence-corrected chi connectivity index (χ1v) is 14.6. The van der Waals surface area contributed by atoms with Gasteiger partial charge in [-0.2, -0.15) is 0 Å². The van der Waals surface area contributed by atoms with Gasteiger partial charge in [-0.25, -0.2) is 0 Å². The Kier molecular flexibility index (Phi) is 6.05. The summed E-state index contributed by atoms with van der Waals surface area (Å²) < 4.78 is 13.2. The third-order valence-electron chi connectivity index (χ3n) is 8.48. The summed E-state index contributed by atoms with van der Waals surface area (Å²) in [5, 5.41) is 0. The highest BCUT2D eigenvalue weighted by atomic mass is 16.5. The fourth-order valence-electron chi connectivity index (χ4n) is 6.57. The Balaban J connectivity index is 1.28. The molecule has 0 spiro atoms. The molecular formula is C41H28O2. The normalized spacial score (nSPS) is 13.0. The van der Waals surface area contributed by atoms with Crippen LogP contribution in [0.25, 0.3) is 33.8 Å². The average Bonchev–Trinajstić information content (AvgIpc) is 3.59. The maximum absolute atomic E-state index is 6.66. The van der Waals surface area contributed by atoms with Crippen LogP contribution in [0.2, 0.25) is 0 Å². The van der Waals surface area contributed by atoms with E-state index in [0.29, 0.717) is 0 Å². The monoisotopic (exact) mass is 552 g/mol. The number of rotatable bonds is 5. The number of para-hydroxylation sites is 1. The molecule has 2 heterocycles. The molecule has 0 unspecified atom stereocenters.